The van der Waals surface area contributed by atoms with Gasteiger partial charge < -0.3 is 20.5 Å². The van der Waals surface area contributed by atoms with Crippen molar-refractivity contribution < 1.29 is 23.8 Å². The van der Waals surface area contributed by atoms with Gasteiger partial charge in [0.15, 0.2) is 17.3 Å². The molecule has 0 bridgehead atoms. The van der Waals surface area contributed by atoms with E-state index in [1.54, 1.807) is 12.1 Å². The summed E-state index contributed by atoms with van der Waals surface area (Å²) in [5.41, 5.74) is 2.26. The van der Waals surface area contributed by atoms with Gasteiger partial charge in [0.05, 0.1) is 27.5 Å². The molecular weight excluding hydrogens is 499 g/mol. The van der Waals surface area contributed by atoms with Crippen molar-refractivity contribution in [1.82, 2.24) is 15.3 Å². The number of ketones is 1. The molecular formula is C27H30ClFN4O4. The minimum Gasteiger partial charge on any atom is -0.504 e. The first-order valence-corrected chi connectivity index (χ1v) is 12.5. The van der Waals surface area contributed by atoms with Gasteiger partial charge in [0.25, 0.3) is 0 Å². The zero-order valence-electron chi connectivity index (χ0n) is 21.2. The zero-order chi connectivity index (χ0) is 26.9. The first-order chi connectivity index (χ1) is 17.4. The largest absolute Gasteiger partial charge is 0.504 e. The van der Waals surface area contributed by atoms with Crippen LogP contribution in [0.3, 0.4) is 0 Å². The standard InChI is InChI=1S/C27H30ClFN4O4/c1-14(34)18-13-30-22-10-9-21(15-11-19(28)25(35)20(29)12-15)33-24(22)23(18)31-16-5-7-17(8-6-16)32-26(36)37-27(2,3)4/h9-13,16-17,35H,5-8H2,1-4H3,(H,30,31)(H,32,36). The third-order valence-corrected chi connectivity index (χ3v) is 6.49. The van der Waals surface area contributed by atoms with Crippen LogP contribution in [0, 0.1) is 5.82 Å². The predicted molar refractivity (Wildman–Crippen MR) is 141 cm³/mol. The average molecular weight is 529 g/mol. The highest BCUT2D eigenvalue weighted by Crippen LogP contribution is 2.34. The van der Waals surface area contributed by atoms with Gasteiger partial charge in [-0.05, 0) is 77.6 Å². The molecule has 0 aliphatic heterocycles. The number of alkyl carbamates (subject to hydrolysis) is 1. The SMILES string of the molecule is CC(=O)c1cnc2ccc(-c3cc(F)c(O)c(Cl)c3)nc2c1NC1CCC(NC(=O)OC(C)(C)C)CC1. The van der Waals surface area contributed by atoms with Crippen LogP contribution in [0.15, 0.2) is 30.5 Å². The molecule has 1 aromatic carbocycles. The molecule has 2 heterocycles. The Balaban J connectivity index is 1.59. The summed E-state index contributed by atoms with van der Waals surface area (Å²) in [6, 6.07) is 6.07. The smallest absolute Gasteiger partial charge is 0.407 e. The number of amides is 1. The molecule has 3 aromatic rings. The number of phenolic OH excluding ortho intramolecular Hbond substituents is 1. The fraction of sp³-hybridized carbons (Fsp3) is 0.407. The number of anilines is 1. The van der Waals surface area contributed by atoms with E-state index in [0.717, 1.165) is 31.7 Å². The number of rotatable bonds is 5. The Morgan fingerprint density at radius 1 is 1.14 bits per heavy atom. The highest BCUT2D eigenvalue weighted by atomic mass is 35.5. The maximum absolute atomic E-state index is 14.1. The lowest BCUT2D eigenvalue weighted by atomic mass is 9.90. The number of aromatic hydroxyl groups is 1. The molecule has 3 N–H and O–H groups in total. The second-order valence-corrected chi connectivity index (χ2v) is 10.7. The number of halogens is 2. The van der Waals surface area contributed by atoms with Gasteiger partial charge >= 0.3 is 6.09 Å². The molecule has 196 valence electrons. The van der Waals surface area contributed by atoms with Crippen molar-refractivity contribution in [2.75, 3.05) is 5.32 Å². The Kier molecular flexibility index (Phi) is 7.54. The highest BCUT2D eigenvalue weighted by molar-refractivity contribution is 6.32. The van der Waals surface area contributed by atoms with Gasteiger partial charge in [0, 0.05) is 23.8 Å². The summed E-state index contributed by atoms with van der Waals surface area (Å²) in [6.45, 7) is 6.94. The number of nitrogens with one attached hydrogen (secondary N) is 2. The predicted octanol–water partition coefficient (Wildman–Crippen LogP) is 6.25. The van der Waals surface area contributed by atoms with Gasteiger partial charge in [-0.25, -0.2) is 14.2 Å². The summed E-state index contributed by atoms with van der Waals surface area (Å²) in [7, 11) is 0. The fourth-order valence-corrected chi connectivity index (χ4v) is 4.62. The van der Waals surface area contributed by atoms with Crippen molar-refractivity contribution in [3.8, 4) is 17.0 Å². The van der Waals surface area contributed by atoms with Crippen LogP contribution in [0.5, 0.6) is 5.75 Å². The lowest BCUT2D eigenvalue weighted by Crippen LogP contribution is -2.42. The van der Waals surface area contributed by atoms with Crippen molar-refractivity contribution in [3.63, 3.8) is 0 Å². The lowest BCUT2D eigenvalue weighted by Gasteiger charge is -2.31. The number of pyridine rings is 2. The number of carbonyl (C=O) groups is 2. The highest BCUT2D eigenvalue weighted by Gasteiger charge is 2.26. The molecule has 1 amide bonds. The van der Waals surface area contributed by atoms with E-state index in [1.807, 2.05) is 20.8 Å². The van der Waals surface area contributed by atoms with Crippen molar-refractivity contribution >= 4 is 40.2 Å². The number of nitrogens with zero attached hydrogens (tertiary/aromatic N) is 2. The number of Topliss-reactive ketones (excluding diaryl/α,β-unsaturated/α-hetero) is 1. The molecule has 0 unspecified atom stereocenters. The van der Waals surface area contributed by atoms with Gasteiger partial charge in [0.2, 0.25) is 0 Å². The number of fused-ring (bicyclic) bond motifs is 1. The Bertz CT molecular complexity index is 1330. The molecule has 0 atom stereocenters. The summed E-state index contributed by atoms with van der Waals surface area (Å²) in [4.78, 5) is 33.7. The van der Waals surface area contributed by atoms with Gasteiger partial charge in [-0.15, -0.1) is 0 Å². The van der Waals surface area contributed by atoms with Crippen LogP contribution in [-0.2, 0) is 4.74 Å². The van der Waals surface area contributed by atoms with Crippen molar-refractivity contribution in [2.45, 2.75) is 71.1 Å². The Morgan fingerprint density at radius 3 is 2.43 bits per heavy atom. The third-order valence-electron chi connectivity index (χ3n) is 6.20. The van der Waals surface area contributed by atoms with Gasteiger partial charge in [-0.1, -0.05) is 11.6 Å². The molecule has 37 heavy (non-hydrogen) atoms. The van der Waals surface area contributed by atoms with Crippen LogP contribution in [-0.4, -0.2) is 44.6 Å². The minimum atomic E-state index is -0.852. The quantitative estimate of drug-likeness (QED) is 0.335. The van der Waals surface area contributed by atoms with E-state index in [2.05, 4.69) is 15.6 Å². The van der Waals surface area contributed by atoms with Crippen molar-refractivity contribution in [2.24, 2.45) is 0 Å². The molecule has 2 aromatic heterocycles. The summed E-state index contributed by atoms with van der Waals surface area (Å²) >= 11 is 5.97. The number of benzene rings is 1. The third kappa shape index (κ3) is 6.28. The second-order valence-electron chi connectivity index (χ2n) is 10.3. The summed E-state index contributed by atoms with van der Waals surface area (Å²) in [5.74, 6) is -1.64. The summed E-state index contributed by atoms with van der Waals surface area (Å²) in [6.07, 6.45) is 4.13. The topological polar surface area (TPSA) is 113 Å². The average Bonchev–Trinajstić information content (AvgIpc) is 2.82. The van der Waals surface area contributed by atoms with Crippen LogP contribution in [0.1, 0.15) is 63.7 Å². The number of ether oxygens (including phenoxy) is 1. The maximum Gasteiger partial charge on any atom is 0.407 e. The van der Waals surface area contributed by atoms with E-state index in [1.165, 1.54) is 19.2 Å². The van der Waals surface area contributed by atoms with Crippen LogP contribution in [0.4, 0.5) is 14.9 Å². The monoisotopic (exact) mass is 528 g/mol. The zero-order valence-corrected chi connectivity index (χ0v) is 21.9. The van der Waals surface area contributed by atoms with E-state index in [0.29, 0.717) is 33.5 Å². The Labute approximate surface area is 219 Å². The molecule has 1 fully saturated rings. The Hall–Kier alpha value is -3.46. The molecule has 4 rings (SSSR count). The first-order valence-electron chi connectivity index (χ1n) is 12.2. The van der Waals surface area contributed by atoms with Crippen LogP contribution in [0.25, 0.3) is 22.3 Å². The van der Waals surface area contributed by atoms with Crippen molar-refractivity contribution in [1.29, 1.82) is 0 Å². The summed E-state index contributed by atoms with van der Waals surface area (Å²) < 4.78 is 19.5. The van der Waals surface area contributed by atoms with Crippen LogP contribution in [0.2, 0.25) is 5.02 Å². The molecule has 1 saturated carbocycles. The molecule has 0 spiro atoms. The van der Waals surface area contributed by atoms with Gasteiger partial charge in [0.1, 0.15) is 11.1 Å². The number of hydrogen-bond donors (Lipinski definition) is 3. The minimum absolute atomic E-state index is 0.00762. The van der Waals surface area contributed by atoms with E-state index < -0.39 is 23.3 Å². The van der Waals surface area contributed by atoms with Crippen LogP contribution < -0.4 is 10.6 Å². The summed E-state index contributed by atoms with van der Waals surface area (Å²) in [5, 5.41) is 16.0. The maximum atomic E-state index is 14.1. The normalized spacial score (nSPS) is 17.9. The van der Waals surface area contributed by atoms with E-state index in [-0.39, 0.29) is 22.9 Å². The second kappa shape index (κ2) is 10.5. The molecule has 1 aliphatic carbocycles. The molecule has 8 nitrogen and oxygen atoms in total. The number of carbonyl (C=O) groups excluding carboxylic acids is 2. The lowest BCUT2D eigenvalue weighted by molar-refractivity contribution is 0.0492. The number of aromatic nitrogens is 2. The van der Waals surface area contributed by atoms with Crippen LogP contribution >= 0.6 is 11.6 Å². The Morgan fingerprint density at radius 2 is 1.81 bits per heavy atom. The van der Waals surface area contributed by atoms with Gasteiger partial charge in [-0.3, -0.25) is 9.78 Å². The van der Waals surface area contributed by atoms with E-state index in [4.69, 9.17) is 21.3 Å². The molecule has 0 radical (unpaired) electrons. The number of phenols is 1. The van der Waals surface area contributed by atoms with E-state index >= 15 is 0 Å². The fourth-order valence-electron chi connectivity index (χ4n) is 4.41. The van der Waals surface area contributed by atoms with E-state index in [9.17, 15) is 19.1 Å². The molecule has 0 saturated heterocycles. The molecule has 1 aliphatic rings. The molecule has 10 heteroatoms. The number of hydrogen-bond acceptors (Lipinski definition) is 7. The van der Waals surface area contributed by atoms with Gasteiger partial charge in [-0.2, -0.15) is 0 Å². The first kappa shape index (κ1) is 26.6. The van der Waals surface area contributed by atoms with Crippen molar-refractivity contribution in [3.05, 3.63) is 46.9 Å².